The predicted octanol–water partition coefficient (Wildman–Crippen LogP) is 2.67. The minimum atomic E-state index is -3.08. The van der Waals surface area contributed by atoms with Gasteiger partial charge in [0, 0.05) is 31.5 Å². The second-order valence-corrected chi connectivity index (χ2v) is 8.65. The van der Waals surface area contributed by atoms with Crippen molar-refractivity contribution in [3.05, 3.63) is 36.2 Å². The average molecular weight is 348 g/mol. The Bertz CT molecular complexity index is 806. The third kappa shape index (κ3) is 3.52. The van der Waals surface area contributed by atoms with E-state index in [0.29, 0.717) is 19.0 Å². The summed E-state index contributed by atoms with van der Waals surface area (Å²) in [7, 11) is -3.08. The number of rotatable bonds is 4. The SMILES string of the molecule is CC(C)n1nccc1-c1cc(C2CCN(S(C)(=O)=O)CC2)ccn1. The molecule has 0 amide bonds. The first-order valence-corrected chi connectivity index (χ1v) is 10.2. The minimum absolute atomic E-state index is 0.276. The minimum Gasteiger partial charge on any atom is -0.261 e. The highest BCUT2D eigenvalue weighted by Gasteiger charge is 2.26. The van der Waals surface area contributed by atoms with Crippen LogP contribution in [0.1, 0.15) is 44.2 Å². The third-order valence-corrected chi connectivity index (χ3v) is 5.90. The molecule has 3 rings (SSSR count). The molecular formula is C17H24N4O2S. The van der Waals surface area contributed by atoms with Gasteiger partial charge in [-0.05, 0) is 56.4 Å². The summed E-state index contributed by atoms with van der Waals surface area (Å²) in [4.78, 5) is 4.51. The first-order valence-electron chi connectivity index (χ1n) is 8.31. The molecule has 2 aromatic heterocycles. The van der Waals surface area contributed by atoms with E-state index >= 15 is 0 Å². The van der Waals surface area contributed by atoms with Crippen molar-refractivity contribution in [3.63, 3.8) is 0 Å². The molecule has 0 saturated carbocycles. The Kier molecular flexibility index (Phi) is 4.73. The Morgan fingerprint density at radius 2 is 1.88 bits per heavy atom. The lowest BCUT2D eigenvalue weighted by atomic mass is 9.90. The van der Waals surface area contributed by atoms with Gasteiger partial charge in [0.15, 0.2) is 0 Å². The molecule has 24 heavy (non-hydrogen) atoms. The quantitative estimate of drug-likeness (QED) is 0.852. The first kappa shape index (κ1) is 17.1. The van der Waals surface area contributed by atoms with Crippen LogP contribution < -0.4 is 0 Å². The Balaban J connectivity index is 1.81. The van der Waals surface area contributed by atoms with Crippen LogP contribution in [0.2, 0.25) is 0 Å². The van der Waals surface area contributed by atoms with Gasteiger partial charge in [-0.3, -0.25) is 9.67 Å². The van der Waals surface area contributed by atoms with Gasteiger partial charge in [0.2, 0.25) is 10.0 Å². The second kappa shape index (κ2) is 6.64. The van der Waals surface area contributed by atoms with Crippen LogP contribution in [-0.4, -0.2) is 46.8 Å². The van der Waals surface area contributed by atoms with Crippen LogP contribution in [0, 0.1) is 0 Å². The highest BCUT2D eigenvalue weighted by molar-refractivity contribution is 7.88. The number of sulfonamides is 1. The Hall–Kier alpha value is -1.73. The van der Waals surface area contributed by atoms with Crippen molar-refractivity contribution >= 4 is 10.0 Å². The highest BCUT2D eigenvalue weighted by Crippen LogP contribution is 2.31. The average Bonchev–Trinajstić information content (AvgIpc) is 3.04. The monoisotopic (exact) mass is 348 g/mol. The maximum atomic E-state index is 11.6. The van der Waals surface area contributed by atoms with Crippen molar-refractivity contribution in [1.82, 2.24) is 19.1 Å². The molecule has 3 heterocycles. The van der Waals surface area contributed by atoms with Gasteiger partial charge >= 0.3 is 0 Å². The summed E-state index contributed by atoms with van der Waals surface area (Å²) >= 11 is 0. The zero-order valence-corrected chi connectivity index (χ0v) is 15.2. The second-order valence-electron chi connectivity index (χ2n) is 6.67. The number of nitrogens with zero attached hydrogens (tertiary/aromatic N) is 4. The van der Waals surface area contributed by atoms with Crippen molar-refractivity contribution in [2.24, 2.45) is 0 Å². The summed E-state index contributed by atoms with van der Waals surface area (Å²) < 4.78 is 26.8. The van der Waals surface area contributed by atoms with E-state index in [4.69, 9.17) is 0 Å². The molecule has 1 aliphatic heterocycles. The smallest absolute Gasteiger partial charge is 0.211 e. The molecule has 1 aliphatic rings. The van der Waals surface area contributed by atoms with Crippen LogP contribution in [-0.2, 0) is 10.0 Å². The Labute approximate surface area is 143 Å². The fourth-order valence-corrected chi connectivity index (χ4v) is 4.16. The first-order chi connectivity index (χ1) is 11.4. The summed E-state index contributed by atoms with van der Waals surface area (Å²) in [5.41, 5.74) is 3.16. The molecule has 130 valence electrons. The highest BCUT2D eigenvalue weighted by atomic mass is 32.2. The van der Waals surface area contributed by atoms with Crippen LogP contribution in [0.25, 0.3) is 11.4 Å². The third-order valence-electron chi connectivity index (χ3n) is 4.60. The molecule has 0 aliphatic carbocycles. The molecule has 7 heteroatoms. The standard InChI is InChI=1S/C17H24N4O2S/c1-13(2)21-17(5-9-19-21)16-12-15(4-8-18-16)14-6-10-20(11-7-14)24(3,22)23/h4-5,8-9,12-14H,6-7,10-11H2,1-3H3. The molecular weight excluding hydrogens is 324 g/mol. The van der Waals surface area contributed by atoms with E-state index in [1.165, 1.54) is 11.8 Å². The number of aromatic nitrogens is 3. The van der Waals surface area contributed by atoms with Gasteiger partial charge in [-0.2, -0.15) is 5.10 Å². The molecule has 2 aromatic rings. The van der Waals surface area contributed by atoms with Gasteiger partial charge in [0.05, 0.1) is 17.6 Å². The molecule has 1 fully saturated rings. The van der Waals surface area contributed by atoms with Gasteiger partial charge in [-0.1, -0.05) is 0 Å². The van der Waals surface area contributed by atoms with E-state index in [-0.39, 0.29) is 6.04 Å². The molecule has 0 bridgehead atoms. The summed E-state index contributed by atoms with van der Waals surface area (Å²) in [5, 5.41) is 4.37. The van der Waals surface area contributed by atoms with Crippen LogP contribution >= 0.6 is 0 Å². The predicted molar refractivity (Wildman–Crippen MR) is 94.2 cm³/mol. The topological polar surface area (TPSA) is 68.1 Å². The maximum absolute atomic E-state index is 11.6. The lowest BCUT2D eigenvalue weighted by Gasteiger charge is -2.30. The zero-order chi connectivity index (χ0) is 17.3. The van der Waals surface area contributed by atoms with Gasteiger partial charge in [-0.15, -0.1) is 0 Å². The van der Waals surface area contributed by atoms with Crippen molar-refractivity contribution in [3.8, 4) is 11.4 Å². The van der Waals surface area contributed by atoms with Gasteiger partial charge in [0.25, 0.3) is 0 Å². The summed E-state index contributed by atoms with van der Waals surface area (Å²) in [6.45, 7) is 5.37. The van der Waals surface area contributed by atoms with Crippen molar-refractivity contribution in [1.29, 1.82) is 0 Å². The summed E-state index contributed by atoms with van der Waals surface area (Å²) in [6, 6.07) is 6.42. The van der Waals surface area contributed by atoms with E-state index in [0.717, 1.165) is 24.2 Å². The number of pyridine rings is 1. The van der Waals surface area contributed by atoms with Crippen LogP contribution in [0.5, 0.6) is 0 Å². The molecule has 1 saturated heterocycles. The zero-order valence-electron chi connectivity index (χ0n) is 14.4. The largest absolute Gasteiger partial charge is 0.261 e. The molecule has 0 N–H and O–H groups in total. The van der Waals surface area contributed by atoms with Gasteiger partial charge < -0.3 is 0 Å². The van der Waals surface area contributed by atoms with Gasteiger partial charge in [0.1, 0.15) is 0 Å². The van der Waals surface area contributed by atoms with Gasteiger partial charge in [-0.25, -0.2) is 12.7 Å². The Morgan fingerprint density at radius 1 is 1.17 bits per heavy atom. The van der Waals surface area contributed by atoms with Crippen molar-refractivity contribution in [2.45, 2.75) is 38.6 Å². The van der Waals surface area contributed by atoms with Crippen molar-refractivity contribution in [2.75, 3.05) is 19.3 Å². The summed E-state index contributed by atoms with van der Waals surface area (Å²) in [6.07, 6.45) is 6.62. The molecule has 6 nitrogen and oxygen atoms in total. The number of hydrogen-bond donors (Lipinski definition) is 0. The summed E-state index contributed by atoms with van der Waals surface area (Å²) in [5.74, 6) is 0.375. The maximum Gasteiger partial charge on any atom is 0.211 e. The van der Waals surface area contributed by atoms with Crippen LogP contribution in [0.3, 0.4) is 0 Å². The Morgan fingerprint density at radius 3 is 2.50 bits per heavy atom. The molecule has 0 unspecified atom stereocenters. The van der Waals surface area contributed by atoms with Crippen LogP contribution in [0.15, 0.2) is 30.6 Å². The molecule has 0 atom stereocenters. The number of hydrogen-bond acceptors (Lipinski definition) is 4. The van der Waals surface area contributed by atoms with E-state index < -0.39 is 10.0 Å². The number of piperidine rings is 1. The van der Waals surface area contributed by atoms with E-state index in [1.807, 2.05) is 23.0 Å². The lowest BCUT2D eigenvalue weighted by molar-refractivity contribution is 0.321. The van der Waals surface area contributed by atoms with Crippen molar-refractivity contribution < 1.29 is 8.42 Å². The molecule has 0 radical (unpaired) electrons. The molecule has 0 aromatic carbocycles. The lowest BCUT2D eigenvalue weighted by Crippen LogP contribution is -2.37. The molecule has 0 spiro atoms. The van der Waals surface area contributed by atoms with E-state index in [9.17, 15) is 8.42 Å². The fourth-order valence-electron chi connectivity index (χ4n) is 3.29. The van der Waals surface area contributed by atoms with Crippen LogP contribution in [0.4, 0.5) is 0 Å². The van der Waals surface area contributed by atoms with E-state index in [2.05, 4.69) is 30.0 Å². The normalized spacial score (nSPS) is 17.5. The fraction of sp³-hybridized carbons (Fsp3) is 0.529. The van der Waals surface area contributed by atoms with E-state index in [1.54, 1.807) is 10.5 Å².